The summed E-state index contributed by atoms with van der Waals surface area (Å²) in [7, 11) is 0. The molecule has 1 fully saturated rings. The van der Waals surface area contributed by atoms with E-state index in [1.807, 2.05) is 0 Å². The minimum atomic E-state index is 0. The Labute approximate surface area is 69.9 Å². The van der Waals surface area contributed by atoms with Crippen molar-refractivity contribution in [3.63, 3.8) is 0 Å². The number of ether oxygens (including phenoxy) is 1. The first-order chi connectivity index (χ1) is 3.00. The average Bonchev–Trinajstić information content (AvgIpc) is 1.72. The van der Waals surface area contributed by atoms with Gasteiger partial charge in [-0.15, -0.1) is 13.1 Å². The first kappa shape index (κ1) is 11.7. The Hall–Kier alpha value is 0.920. The molecule has 0 atom stereocenters. The Balaban J connectivity index is 0. The molecule has 1 radical (unpaired) electrons. The molecule has 1 rings (SSSR count). The topological polar surface area (TPSA) is 23.3 Å². The molecule has 0 unspecified atom stereocenters. The molecule has 0 aromatic heterocycles. The summed E-state index contributed by atoms with van der Waals surface area (Å²) in [6.07, 6.45) is 0. The van der Waals surface area contributed by atoms with Crippen LogP contribution in [0.15, 0.2) is 0 Å². The van der Waals surface area contributed by atoms with E-state index in [0.29, 0.717) is 0 Å². The van der Waals surface area contributed by atoms with Gasteiger partial charge >= 0.3 is 0 Å². The fraction of sp³-hybridized carbons (Fsp3) is 1.00. The SMILES string of the molecule is C1COCC[N-]1.[Co].[Ni]. The minimum absolute atomic E-state index is 0. The zero-order valence-electron chi connectivity index (χ0n) is 4.33. The average molecular weight is 204 g/mol. The third-order valence-electron chi connectivity index (χ3n) is 0.787. The van der Waals surface area contributed by atoms with Crippen LogP contribution in [-0.2, 0) is 38.0 Å². The van der Waals surface area contributed by atoms with Gasteiger partial charge in [-0.2, -0.15) is 0 Å². The normalized spacial score (nSPS) is 18.0. The molecular weight excluding hydrogens is 196 g/mol. The van der Waals surface area contributed by atoms with Crippen molar-refractivity contribution in [1.82, 2.24) is 0 Å². The molecule has 55 valence electrons. The zero-order valence-corrected chi connectivity index (χ0v) is 6.36. The predicted octanol–water partition coefficient (Wildman–Crippen LogP) is 0.385. The molecule has 0 N–H and O–H groups in total. The Bertz CT molecular complexity index is 31.5. The van der Waals surface area contributed by atoms with Crippen LogP contribution in [0.4, 0.5) is 0 Å². The van der Waals surface area contributed by atoms with Crippen LogP contribution >= 0.6 is 0 Å². The van der Waals surface area contributed by atoms with E-state index in [4.69, 9.17) is 4.74 Å². The van der Waals surface area contributed by atoms with Crippen LogP contribution in [0.2, 0.25) is 0 Å². The summed E-state index contributed by atoms with van der Waals surface area (Å²) in [6.45, 7) is 3.47. The molecule has 1 aliphatic rings. The van der Waals surface area contributed by atoms with Gasteiger partial charge in [0.25, 0.3) is 0 Å². The Morgan fingerprint density at radius 3 is 1.75 bits per heavy atom. The van der Waals surface area contributed by atoms with Crippen LogP contribution in [0.1, 0.15) is 0 Å². The van der Waals surface area contributed by atoms with Gasteiger partial charge in [0.1, 0.15) is 0 Å². The molecule has 1 heterocycles. The Morgan fingerprint density at radius 1 is 1.12 bits per heavy atom. The fourth-order valence-electron chi connectivity index (χ4n) is 0.472. The molecule has 0 spiro atoms. The fourth-order valence-corrected chi connectivity index (χ4v) is 0.472. The predicted molar refractivity (Wildman–Crippen MR) is 23.9 cm³/mol. The minimum Gasteiger partial charge on any atom is -0.659 e. The van der Waals surface area contributed by atoms with Gasteiger partial charge in [-0.1, -0.05) is 0 Å². The molecule has 0 amide bonds. The van der Waals surface area contributed by atoms with Crippen LogP contribution in [0, 0.1) is 0 Å². The van der Waals surface area contributed by atoms with Gasteiger partial charge in [0, 0.05) is 46.5 Å². The second kappa shape index (κ2) is 7.92. The van der Waals surface area contributed by atoms with Crippen molar-refractivity contribution in [2.45, 2.75) is 0 Å². The van der Waals surface area contributed by atoms with Crippen LogP contribution < -0.4 is 0 Å². The van der Waals surface area contributed by atoms with Gasteiger partial charge in [-0.25, -0.2) is 0 Å². The molecule has 0 saturated carbocycles. The summed E-state index contributed by atoms with van der Waals surface area (Å²) < 4.78 is 4.98. The third-order valence-corrected chi connectivity index (χ3v) is 0.787. The van der Waals surface area contributed by atoms with Gasteiger partial charge in [0.15, 0.2) is 0 Å². The molecular formula is C4H8CoNNiO-. The first-order valence-corrected chi connectivity index (χ1v) is 2.21. The number of morpholine rings is 1. The van der Waals surface area contributed by atoms with Crippen LogP contribution in [0.25, 0.3) is 5.32 Å². The van der Waals surface area contributed by atoms with Crippen molar-refractivity contribution in [2.24, 2.45) is 0 Å². The molecule has 1 aliphatic heterocycles. The van der Waals surface area contributed by atoms with E-state index in [0.717, 1.165) is 26.3 Å². The summed E-state index contributed by atoms with van der Waals surface area (Å²) in [5.41, 5.74) is 0. The van der Waals surface area contributed by atoms with Gasteiger partial charge in [-0.05, 0) is 0 Å². The molecule has 0 bridgehead atoms. The molecule has 2 nitrogen and oxygen atoms in total. The number of hydrogen-bond acceptors (Lipinski definition) is 1. The quantitative estimate of drug-likeness (QED) is 0.523. The standard InChI is InChI=1S/C4H8NO.Co.Ni/c1-3-6-4-2-5-1;;/h1-4H2;;/q-1;;. The van der Waals surface area contributed by atoms with E-state index < -0.39 is 0 Å². The summed E-state index contributed by atoms with van der Waals surface area (Å²) in [6, 6.07) is 0. The molecule has 4 heteroatoms. The molecule has 1 saturated heterocycles. The van der Waals surface area contributed by atoms with Gasteiger partial charge in [0.2, 0.25) is 0 Å². The first-order valence-electron chi connectivity index (χ1n) is 2.21. The maximum atomic E-state index is 4.98. The zero-order chi connectivity index (χ0) is 4.24. The summed E-state index contributed by atoms with van der Waals surface area (Å²) >= 11 is 0. The van der Waals surface area contributed by atoms with Crippen molar-refractivity contribution in [1.29, 1.82) is 0 Å². The molecule has 0 aromatic carbocycles. The van der Waals surface area contributed by atoms with E-state index in [1.54, 1.807) is 0 Å². The van der Waals surface area contributed by atoms with Crippen LogP contribution in [0.3, 0.4) is 0 Å². The molecule has 0 aromatic rings. The maximum absolute atomic E-state index is 4.98. The van der Waals surface area contributed by atoms with Crippen molar-refractivity contribution < 1.29 is 38.0 Å². The number of hydrogen-bond donors (Lipinski definition) is 0. The van der Waals surface area contributed by atoms with Gasteiger partial charge in [0.05, 0.1) is 0 Å². The molecule has 0 aliphatic carbocycles. The second-order valence-electron chi connectivity index (χ2n) is 1.28. The largest absolute Gasteiger partial charge is 0.659 e. The van der Waals surface area contributed by atoms with Crippen molar-refractivity contribution in [2.75, 3.05) is 26.3 Å². The molecule has 8 heavy (non-hydrogen) atoms. The number of nitrogens with zero attached hydrogens (tertiary/aromatic N) is 1. The maximum Gasteiger partial charge on any atom is 0.0277 e. The third kappa shape index (κ3) is 5.06. The van der Waals surface area contributed by atoms with E-state index in [2.05, 4.69) is 5.32 Å². The van der Waals surface area contributed by atoms with E-state index in [9.17, 15) is 0 Å². The Kier molecular flexibility index (Phi) is 11.6. The van der Waals surface area contributed by atoms with Gasteiger partial charge in [-0.3, -0.25) is 0 Å². The van der Waals surface area contributed by atoms with E-state index >= 15 is 0 Å². The summed E-state index contributed by atoms with van der Waals surface area (Å²) in [5.74, 6) is 0. The number of rotatable bonds is 0. The Morgan fingerprint density at radius 2 is 1.62 bits per heavy atom. The van der Waals surface area contributed by atoms with E-state index in [-0.39, 0.29) is 33.3 Å². The second-order valence-corrected chi connectivity index (χ2v) is 1.28. The van der Waals surface area contributed by atoms with Crippen molar-refractivity contribution >= 4 is 0 Å². The van der Waals surface area contributed by atoms with Crippen LogP contribution in [0.5, 0.6) is 0 Å². The van der Waals surface area contributed by atoms with Crippen molar-refractivity contribution in [3.05, 3.63) is 5.32 Å². The van der Waals surface area contributed by atoms with Gasteiger partial charge < -0.3 is 10.1 Å². The monoisotopic (exact) mass is 203 g/mol. The van der Waals surface area contributed by atoms with Crippen LogP contribution in [-0.4, -0.2) is 26.3 Å². The van der Waals surface area contributed by atoms with E-state index in [1.165, 1.54) is 0 Å². The summed E-state index contributed by atoms with van der Waals surface area (Å²) in [5, 5.41) is 4.05. The summed E-state index contributed by atoms with van der Waals surface area (Å²) in [4.78, 5) is 0. The smallest absolute Gasteiger partial charge is 0.0277 e. The van der Waals surface area contributed by atoms with Crippen molar-refractivity contribution in [3.8, 4) is 0 Å².